The third kappa shape index (κ3) is 3.23. The van der Waals surface area contributed by atoms with Gasteiger partial charge >= 0.3 is 0 Å². The number of benzene rings is 1. The molecular weight excluding hydrogens is 316 g/mol. The van der Waals surface area contributed by atoms with Crippen molar-refractivity contribution in [2.75, 3.05) is 7.11 Å². The molecule has 0 unspecified atom stereocenters. The van der Waals surface area contributed by atoms with E-state index < -0.39 is 0 Å². The Hall–Kier alpha value is -1.29. The molecule has 108 valence electrons. The van der Waals surface area contributed by atoms with Gasteiger partial charge in [0, 0.05) is 7.05 Å². The zero-order valence-electron chi connectivity index (χ0n) is 12.5. The van der Waals surface area contributed by atoms with Gasteiger partial charge in [-0.1, -0.05) is 26.0 Å². The van der Waals surface area contributed by atoms with Crippen LogP contribution in [0.5, 0.6) is 5.75 Å². The van der Waals surface area contributed by atoms with Gasteiger partial charge in [-0.2, -0.15) is 0 Å². The molecule has 0 aliphatic heterocycles. The average Bonchev–Trinajstić information content (AvgIpc) is 2.76. The standard InChI is InChI=1S/C16H21BrN2O/c1-11(2)12-6-8-15(20-4)13(9-12)5-7-14-16(17)19(3)10-18-14/h6,8-11H,5,7H2,1-4H3. The Morgan fingerprint density at radius 1 is 1.30 bits per heavy atom. The maximum Gasteiger partial charge on any atom is 0.122 e. The maximum atomic E-state index is 5.47. The highest BCUT2D eigenvalue weighted by Crippen LogP contribution is 2.26. The number of hydrogen-bond acceptors (Lipinski definition) is 2. The quantitative estimate of drug-likeness (QED) is 0.821. The first-order valence-electron chi connectivity index (χ1n) is 6.85. The van der Waals surface area contributed by atoms with Crippen LogP contribution >= 0.6 is 15.9 Å². The van der Waals surface area contributed by atoms with Crippen LogP contribution < -0.4 is 4.74 Å². The largest absolute Gasteiger partial charge is 0.496 e. The zero-order valence-corrected chi connectivity index (χ0v) is 14.1. The van der Waals surface area contributed by atoms with Gasteiger partial charge in [0.15, 0.2) is 0 Å². The van der Waals surface area contributed by atoms with Crippen LogP contribution in [0.15, 0.2) is 29.1 Å². The maximum absolute atomic E-state index is 5.47. The van der Waals surface area contributed by atoms with Gasteiger partial charge in [0.05, 0.1) is 19.1 Å². The highest BCUT2D eigenvalue weighted by Gasteiger charge is 2.10. The molecule has 2 rings (SSSR count). The van der Waals surface area contributed by atoms with Gasteiger partial charge < -0.3 is 9.30 Å². The summed E-state index contributed by atoms with van der Waals surface area (Å²) >= 11 is 3.57. The summed E-state index contributed by atoms with van der Waals surface area (Å²) in [6.07, 6.45) is 3.67. The van der Waals surface area contributed by atoms with Crippen molar-refractivity contribution in [2.45, 2.75) is 32.6 Å². The van der Waals surface area contributed by atoms with Crippen LogP contribution in [0, 0.1) is 0 Å². The smallest absolute Gasteiger partial charge is 0.122 e. The van der Waals surface area contributed by atoms with E-state index in [1.54, 1.807) is 7.11 Å². The fourth-order valence-electron chi connectivity index (χ4n) is 2.24. The lowest BCUT2D eigenvalue weighted by Crippen LogP contribution is -1.99. The van der Waals surface area contributed by atoms with Gasteiger partial charge in [-0.05, 0) is 51.9 Å². The second kappa shape index (κ2) is 6.44. The number of aromatic nitrogens is 2. The molecule has 2 aromatic rings. The van der Waals surface area contributed by atoms with Crippen molar-refractivity contribution < 1.29 is 4.74 Å². The Morgan fingerprint density at radius 3 is 2.60 bits per heavy atom. The van der Waals surface area contributed by atoms with Gasteiger partial charge in [-0.3, -0.25) is 0 Å². The van der Waals surface area contributed by atoms with Gasteiger partial charge in [0.1, 0.15) is 10.4 Å². The van der Waals surface area contributed by atoms with E-state index in [0.717, 1.165) is 28.9 Å². The molecule has 1 aromatic carbocycles. The van der Waals surface area contributed by atoms with Crippen molar-refractivity contribution in [3.05, 3.63) is 46.0 Å². The normalized spacial score (nSPS) is 11.1. The molecule has 0 spiro atoms. The molecule has 0 amide bonds. The van der Waals surface area contributed by atoms with Crippen molar-refractivity contribution in [3.63, 3.8) is 0 Å². The minimum Gasteiger partial charge on any atom is -0.496 e. The number of methoxy groups -OCH3 is 1. The summed E-state index contributed by atoms with van der Waals surface area (Å²) in [5, 5.41) is 0. The van der Waals surface area contributed by atoms with Crippen molar-refractivity contribution in [3.8, 4) is 5.75 Å². The molecule has 0 bridgehead atoms. The number of hydrogen-bond donors (Lipinski definition) is 0. The number of aryl methyl sites for hydroxylation is 3. The van der Waals surface area contributed by atoms with E-state index in [9.17, 15) is 0 Å². The van der Waals surface area contributed by atoms with Gasteiger partial charge in [0.25, 0.3) is 0 Å². The predicted molar refractivity (Wildman–Crippen MR) is 85.4 cm³/mol. The number of halogens is 1. The summed E-state index contributed by atoms with van der Waals surface area (Å²) in [4.78, 5) is 4.42. The molecule has 0 saturated carbocycles. The number of nitrogens with zero attached hydrogens (tertiary/aromatic N) is 2. The van der Waals surface area contributed by atoms with Crippen LogP contribution in [0.25, 0.3) is 0 Å². The van der Waals surface area contributed by atoms with Crippen molar-refractivity contribution in [2.24, 2.45) is 7.05 Å². The zero-order chi connectivity index (χ0) is 14.7. The summed E-state index contributed by atoms with van der Waals surface area (Å²) in [5.74, 6) is 1.49. The second-order valence-electron chi connectivity index (χ2n) is 5.32. The minimum absolute atomic E-state index is 0.529. The molecule has 20 heavy (non-hydrogen) atoms. The van der Waals surface area contributed by atoms with E-state index in [0.29, 0.717) is 5.92 Å². The summed E-state index contributed by atoms with van der Waals surface area (Å²) in [6, 6.07) is 6.46. The fraction of sp³-hybridized carbons (Fsp3) is 0.438. The Bertz CT molecular complexity index is 590. The van der Waals surface area contributed by atoms with Crippen LogP contribution in [-0.4, -0.2) is 16.7 Å². The lowest BCUT2D eigenvalue weighted by atomic mass is 9.98. The molecule has 4 heteroatoms. The van der Waals surface area contributed by atoms with E-state index >= 15 is 0 Å². The topological polar surface area (TPSA) is 27.1 Å². The third-order valence-electron chi connectivity index (χ3n) is 3.54. The highest BCUT2D eigenvalue weighted by molar-refractivity contribution is 9.10. The van der Waals surface area contributed by atoms with Crippen molar-refractivity contribution >= 4 is 15.9 Å². The van der Waals surface area contributed by atoms with Crippen LogP contribution in [0.3, 0.4) is 0 Å². The first-order chi connectivity index (χ1) is 9.52. The highest BCUT2D eigenvalue weighted by atomic mass is 79.9. The summed E-state index contributed by atoms with van der Waals surface area (Å²) in [5.41, 5.74) is 3.68. The first-order valence-corrected chi connectivity index (χ1v) is 7.64. The van der Waals surface area contributed by atoms with Gasteiger partial charge in [-0.25, -0.2) is 4.98 Å². The van der Waals surface area contributed by atoms with E-state index in [1.165, 1.54) is 11.1 Å². The van der Waals surface area contributed by atoms with E-state index in [-0.39, 0.29) is 0 Å². The summed E-state index contributed by atoms with van der Waals surface area (Å²) < 4.78 is 8.50. The van der Waals surface area contributed by atoms with E-state index in [2.05, 4.69) is 53.0 Å². The lowest BCUT2D eigenvalue weighted by molar-refractivity contribution is 0.409. The predicted octanol–water partition coefficient (Wildman–Crippen LogP) is 4.10. The van der Waals surface area contributed by atoms with Crippen molar-refractivity contribution in [1.82, 2.24) is 9.55 Å². The summed E-state index contributed by atoms with van der Waals surface area (Å²) in [6.45, 7) is 4.42. The second-order valence-corrected chi connectivity index (χ2v) is 6.07. The van der Waals surface area contributed by atoms with Crippen LogP contribution in [-0.2, 0) is 19.9 Å². The molecule has 0 saturated heterocycles. The molecule has 0 fully saturated rings. The lowest BCUT2D eigenvalue weighted by Gasteiger charge is -2.12. The van der Waals surface area contributed by atoms with Gasteiger partial charge in [-0.15, -0.1) is 0 Å². The Labute approximate surface area is 129 Å². The Morgan fingerprint density at radius 2 is 2.05 bits per heavy atom. The van der Waals surface area contributed by atoms with Crippen molar-refractivity contribution in [1.29, 1.82) is 0 Å². The number of rotatable bonds is 5. The Kier molecular flexibility index (Phi) is 4.86. The Balaban J connectivity index is 2.19. The summed E-state index contributed by atoms with van der Waals surface area (Å²) in [7, 11) is 3.71. The molecule has 0 radical (unpaired) electrons. The van der Waals surface area contributed by atoms with Crippen LogP contribution in [0.1, 0.15) is 36.6 Å². The molecule has 3 nitrogen and oxygen atoms in total. The molecule has 0 N–H and O–H groups in total. The first kappa shape index (κ1) is 15.1. The average molecular weight is 337 g/mol. The van der Waals surface area contributed by atoms with Crippen LogP contribution in [0.2, 0.25) is 0 Å². The molecule has 0 aliphatic carbocycles. The van der Waals surface area contributed by atoms with E-state index in [4.69, 9.17) is 4.74 Å². The van der Waals surface area contributed by atoms with Crippen LogP contribution in [0.4, 0.5) is 0 Å². The fourth-order valence-corrected chi connectivity index (χ4v) is 2.63. The molecule has 0 atom stereocenters. The van der Waals surface area contributed by atoms with E-state index in [1.807, 2.05) is 17.9 Å². The minimum atomic E-state index is 0.529. The van der Waals surface area contributed by atoms with Gasteiger partial charge in [0.2, 0.25) is 0 Å². The monoisotopic (exact) mass is 336 g/mol. The third-order valence-corrected chi connectivity index (χ3v) is 4.55. The number of ether oxygens (including phenoxy) is 1. The molecule has 0 aliphatic rings. The molecular formula is C16H21BrN2O. The SMILES string of the molecule is COc1ccc(C(C)C)cc1CCc1ncn(C)c1Br. The molecule has 1 aromatic heterocycles. The number of imidazole rings is 1. The molecule has 1 heterocycles.